The molecule has 4 nitrogen and oxygen atoms in total. The predicted molar refractivity (Wildman–Crippen MR) is 44.8 cm³/mol. The Kier molecular flexibility index (Phi) is 22.4. The molecule has 0 fully saturated rings. The summed E-state index contributed by atoms with van der Waals surface area (Å²) in [7, 11) is 9.90. The Balaban J connectivity index is -0.000000177. The molecule has 0 aliphatic heterocycles. The minimum absolute atomic E-state index is 0. The van der Waals surface area contributed by atoms with Crippen LogP contribution in [0.4, 0.5) is 0 Å². The van der Waals surface area contributed by atoms with E-state index in [1.54, 1.807) is 0 Å². The molecule has 1 amide bonds. The van der Waals surface area contributed by atoms with Gasteiger partial charge in [-0.2, -0.15) is 0 Å². The van der Waals surface area contributed by atoms with Crippen molar-refractivity contribution in [2.24, 2.45) is 5.73 Å². The first-order chi connectivity index (χ1) is 5.04. The van der Waals surface area contributed by atoms with Crippen LogP contribution in [-0.4, -0.2) is 46.5 Å². The minimum atomic E-state index is -1.18. The van der Waals surface area contributed by atoms with Crippen LogP contribution in [0.5, 0.6) is 0 Å². The predicted octanol–water partition coefficient (Wildman–Crippen LogP) is -0.160. The average Bonchev–Trinajstić information content (AvgIpc) is 1.85. The Bertz CT molecular complexity index is 150. The third-order valence-electron chi connectivity index (χ3n) is 0.390. The van der Waals surface area contributed by atoms with Gasteiger partial charge in [0.05, 0.1) is 0 Å². The van der Waals surface area contributed by atoms with Crippen LogP contribution in [0, 0.1) is 0 Å². The molecule has 0 aromatic heterocycles. The summed E-state index contributed by atoms with van der Waals surface area (Å²) in [5.41, 5.74) is 4.55. The molecule has 0 bridgehead atoms. The van der Waals surface area contributed by atoms with E-state index in [1.807, 2.05) is 0 Å². The Morgan fingerprint density at radius 3 is 1.75 bits per heavy atom. The van der Waals surface area contributed by atoms with Crippen LogP contribution < -0.4 is 5.73 Å². The monoisotopic (exact) mass is 273 g/mol. The van der Waals surface area contributed by atoms with Crippen molar-refractivity contribution >= 4 is 60.8 Å². The molecule has 0 atom stereocenters. The summed E-state index contributed by atoms with van der Waals surface area (Å²) >= 11 is -0.931. The van der Waals surface area contributed by atoms with E-state index in [0.717, 1.165) is 6.08 Å². The number of carbonyl (C=O) groups is 2. The summed E-state index contributed by atoms with van der Waals surface area (Å²) in [5, 5.41) is 7.87. The summed E-state index contributed by atoms with van der Waals surface area (Å²) in [4.78, 5) is 19.4. The summed E-state index contributed by atoms with van der Waals surface area (Å²) in [6.07, 6.45) is 1.46. The fourth-order valence-corrected chi connectivity index (χ4v) is 0.153. The third-order valence-corrected chi connectivity index (χ3v) is 0.390. The van der Waals surface area contributed by atoms with Crippen molar-refractivity contribution in [3.05, 3.63) is 12.2 Å². The molecule has 0 aromatic rings. The molecule has 62 valence electrons. The molecule has 0 spiro atoms. The van der Waals surface area contributed by atoms with Crippen LogP contribution >= 0.6 is 19.4 Å². The zero-order chi connectivity index (χ0) is 9.28. The molecule has 0 heterocycles. The van der Waals surface area contributed by atoms with E-state index >= 15 is 0 Å². The fraction of sp³-hybridized carbons (Fsp3) is 0. The van der Waals surface area contributed by atoms with Gasteiger partial charge in [0.2, 0.25) is 5.91 Å². The number of hydrogen-bond acceptors (Lipinski definition) is 2. The maximum atomic E-state index is 9.78. The zero-order valence-corrected chi connectivity index (χ0v) is 9.94. The SMILES string of the molecule is NC(=O)/C=C\C(=O)O.[Cl][Zn][Cl].[NaH]. The first kappa shape index (κ1) is 18.6. The van der Waals surface area contributed by atoms with Gasteiger partial charge in [-0.1, -0.05) is 0 Å². The molecule has 0 saturated carbocycles. The second kappa shape index (κ2) is 14.4. The van der Waals surface area contributed by atoms with Gasteiger partial charge in [-0.15, -0.1) is 0 Å². The van der Waals surface area contributed by atoms with E-state index in [2.05, 4.69) is 5.73 Å². The number of primary amides is 1. The van der Waals surface area contributed by atoms with Crippen molar-refractivity contribution in [2.45, 2.75) is 0 Å². The molecule has 0 rings (SSSR count). The Labute approximate surface area is 107 Å². The standard InChI is InChI=1S/C4H5NO3.2ClH.Na.Zn.H/c5-3(6)1-2-4(7)8;;;;;/h1-2H,(H2,5,6)(H,7,8);2*1H;;;/q;;;;+2;/p-2/b2-1-;;;;;. The summed E-state index contributed by atoms with van der Waals surface area (Å²) in [6.45, 7) is 0. The van der Waals surface area contributed by atoms with Gasteiger partial charge in [0.15, 0.2) is 0 Å². The van der Waals surface area contributed by atoms with Crippen LogP contribution in [0.2, 0.25) is 0 Å². The van der Waals surface area contributed by atoms with Crippen molar-refractivity contribution in [1.29, 1.82) is 0 Å². The number of carboxylic acid groups (broad SMARTS) is 1. The van der Waals surface area contributed by atoms with Crippen LogP contribution in [0.1, 0.15) is 0 Å². The number of amides is 1. The van der Waals surface area contributed by atoms with Gasteiger partial charge in [-0.05, 0) is 0 Å². The molecule has 0 aliphatic carbocycles. The Morgan fingerprint density at radius 1 is 1.33 bits per heavy atom. The van der Waals surface area contributed by atoms with E-state index in [0.29, 0.717) is 6.08 Å². The normalized spacial score (nSPS) is 7.17. The Morgan fingerprint density at radius 2 is 1.67 bits per heavy atom. The average molecular weight is 275 g/mol. The topological polar surface area (TPSA) is 80.4 Å². The molecule has 12 heavy (non-hydrogen) atoms. The second-order valence-electron chi connectivity index (χ2n) is 1.17. The number of carboxylic acids is 1. The van der Waals surface area contributed by atoms with E-state index in [4.69, 9.17) is 24.5 Å². The van der Waals surface area contributed by atoms with Crippen LogP contribution in [-0.2, 0) is 24.7 Å². The maximum absolute atomic E-state index is 9.78. The zero-order valence-electron chi connectivity index (χ0n) is 5.46. The van der Waals surface area contributed by atoms with Crippen LogP contribution in [0.15, 0.2) is 12.2 Å². The quantitative estimate of drug-likeness (QED) is 0.543. The molecule has 0 unspecified atom stereocenters. The van der Waals surface area contributed by atoms with Gasteiger partial charge in [-0.25, -0.2) is 4.79 Å². The van der Waals surface area contributed by atoms with Crippen molar-refractivity contribution < 1.29 is 29.8 Å². The van der Waals surface area contributed by atoms with Crippen molar-refractivity contribution in [1.82, 2.24) is 0 Å². The van der Waals surface area contributed by atoms with Gasteiger partial charge in [-0.3, -0.25) is 4.79 Å². The van der Waals surface area contributed by atoms with Crippen LogP contribution in [0.3, 0.4) is 0 Å². The summed E-state index contributed by atoms with van der Waals surface area (Å²) in [5.74, 6) is -1.93. The second-order valence-corrected chi connectivity index (χ2v) is 5.80. The van der Waals surface area contributed by atoms with E-state index < -0.39 is 27.0 Å². The first-order valence-corrected chi connectivity index (χ1v) is 10.2. The molecule has 0 aromatic carbocycles. The third kappa shape index (κ3) is 30.7. The van der Waals surface area contributed by atoms with Crippen molar-refractivity contribution in [3.8, 4) is 0 Å². The van der Waals surface area contributed by atoms with E-state index in [9.17, 15) is 9.59 Å². The summed E-state index contributed by atoms with van der Waals surface area (Å²) < 4.78 is 0. The van der Waals surface area contributed by atoms with Crippen LogP contribution in [0.25, 0.3) is 0 Å². The number of carbonyl (C=O) groups excluding carboxylic acids is 1. The van der Waals surface area contributed by atoms with Gasteiger partial charge >= 0.3 is 70.1 Å². The van der Waals surface area contributed by atoms with Crippen molar-refractivity contribution in [2.75, 3.05) is 0 Å². The summed E-state index contributed by atoms with van der Waals surface area (Å²) in [6, 6.07) is 0. The molecule has 0 saturated heterocycles. The number of nitrogens with two attached hydrogens (primary N) is 1. The van der Waals surface area contributed by atoms with Gasteiger partial charge in [0.25, 0.3) is 0 Å². The first-order valence-electron chi connectivity index (χ1n) is 2.37. The van der Waals surface area contributed by atoms with E-state index in [-0.39, 0.29) is 29.6 Å². The number of aliphatic carboxylic acids is 1. The molecule has 8 heteroatoms. The van der Waals surface area contributed by atoms with E-state index in [1.165, 1.54) is 0 Å². The van der Waals surface area contributed by atoms with Crippen molar-refractivity contribution in [3.63, 3.8) is 0 Å². The molecular weight excluding hydrogens is 269 g/mol. The van der Waals surface area contributed by atoms with Gasteiger partial charge in [0.1, 0.15) is 0 Å². The number of hydrogen-bond donors (Lipinski definition) is 2. The molecule has 0 radical (unpaired) electrons. The molecule has 0 aliphatic rings. The van der Waals surface area contributed by atoms with Gasteiger partial charge < -0.3 is 10.8 Å². The molecule has 3 N–H and O–H groups in total. The van der Waals surface area contributed by atoms with Gasteiger partial charge in [0, 0.05) is 12.2 Å². The number of halogens is 2. The molecular formula is C4H6Cl2NNaO3Zn. The Hall–Kier alpha value is 0.883. The number of rotatable bonds is 2. The fourth-order valence-electron chi connectivity index (χ4n) is 0.153.